The molecule has 6 heteroatoms. The topological polar surface area (TPSA) is 110 Å². The van der Waals surface area contributed by atoms with E-state index < -0.39 is 35.9 Å². The van der Waals surface area contributed by atoms with Crippen LogP contribution in [0.5, 0.6) is 0 Å². The number of ether oxygens (including phenoxy) is 1. The second kappa shape index (κ2) is 5.67. The first-order valence-corrected chi connectivity index (χ1v) is 4.57. The monoisotopic (exact) mass is 219 g/mol. The molecule has 0 saturated carbocycles. The molecular formula is C9H17NO5. The molecule has 0 saturated heterocycles. The van der Waals surface area contributed by atoms with Crippen LogP contribution in [0.1, 0.15) is 13.8 Å². The summed E-state index contributed by atoms with van der Waals surface area (Å²) >= 11 is 0. The number of carboxylic acids is 1. The van der Waals surface area contributed by atoms with Gasteiger partial charge >= 0.3 is 11.9 Å². The maximum absolute atomic E-state index is 11.1. The third-order valence-electron chi connectivity index (χ3n) is 2.37. The molecule has 4 N–H and O–H groups in total. The van der Waals surface area contributed by atoms with Crippen LogP contribution in [0.2, 0.25) is 0 Å². The summed E-state index contributed by atoms with van der Waals surface area (Å²) in [6.07, 6.45) is -1.12. The van der Waals surface area contributed by atoms with Gasteiger partial charge in [-0.1, -0.05) is 6.92 Å². The Hall–Kier alpha value is -1.14. The molecule has 0 aliphatic heterocycles. The van der Waals surface area contributed by atoms with E-state index in [1.165, 1.54) is 21.0 Å². The maximum atomic E-state index is 11.1. The number of esters is 1. The number of aliphatic carboxylic acids is 1. The van der Waals surface area contributed by atoms with Crippen LogP contribution in [-0.4, -0.2) is 41.4 Å². The fraction of sp³-hybridized carbons (Fsp3) is 0.778. The summed E-state index contributed by atoms with van der Waals surface area (Å²) in [6, 6.07) is -0.977. The standard InChI is InChI=1S/C9H17NO5/c1-4(9(14)15-3)7(10)6(5(2)11)8(12)13/h4-7,11H,10H2,1-3H3,(H,12,13)/t4-,5-,6-,7-/m1/s1. The van der Waals surface area contributed by atoms with Crippen molar-refractivity contribution < 1.29 is 24.5 Å². The molecule has 0 spiro atoms. The second-order valence-electron chi connectivity index (χ2n) is 3.49. The summed E-state index contributed by atoms with van der Waals surface area (Å²) < 4.78 is 4.45. The number of carbonyl (C=O) groups is 2. The quantitative estimate of drug-likeness (QED) is 0.522. The zero-order chi connectivity index (χ0) is 12.2. The predicted octanol–water partition coefficient (Wildman–Crippen LogP) is -0.796. The first-order valence-electron chi connectivity index (χ1n) is 4.57. The largest absolute Gasteiger partial charge is 0.481 e. The van der Waals surface area contributed by atoms with Gasteiger partial charge in [0.05, 0.1) is 25.0 Å². The van der Waals surface area contributed by atoms with Crippen molar-refractivity contribution in [1.29, 1.82) is 0 Å². The van der Waals surface area contributed by atoms with Gasteiger partial charge in [0, 0.05) is 6.04 Å². The molecule has 4 atom stereocenters. The Labute approximate surface area is 88.0 Å². The number of carbonyl (C=O) groups excluding carboxylic acids is 1. The zero-order valence-corrected chi connectivity index (χ0v) is 9.01. The molecule has 88 valence electrons. The molecule has 0 radical (unpaired) electrons. The minimum atomic E-state index is -1.23. The predicted molar refractivity (Wildman–Crippen MR) is 52.0 cm³/mol. The molecule has 0 rings (SSSR count). The van der Waals surface area contributed by atoms with Gasteiger partial charge in [-0.25, -0.2) is 0 Å². The molecule has 6 nitrogen and oxygen atoms in total. The lowest BCUT2D eigenvalue weighted by Crippen LogP contribution is -2.48. The Morgan fingerprint density at radius 3 is 2.07 bits per heavy atom. The molecular weight excluding hydrogens is 202 g/mol. The van der Waals surface area contributed by atoms with Gasteiger partial charge in [-0.05, 0) is 6.92 Å². The summed E-state index contributed by atoms with van der Waals surface area (Å²) in [5, 5.41) is 18.1. The molecule has 15 heavy (non-hydrogen) atoms. The van der Waals surface area contributed by atoms with Gasteiger partial charge in [0.15, 0.2) is 0 Å². The van der Waals surface area contributed by atoms with Crippen molar-refractivity contribution in [2.45, 2.75) is 26.0 Å². The van der Waals surface area contributed by atoms with E-state index in [0.717, 1.165) is 0 Å². The highest BCUT2D eigenvalue weighted by Crippen LogP contribution is 2.16. The van der Waals surface area contributed by atoms with Gasteiger partial charge in [0.25, 0.3) is 0 Å². The van der Waals surface area contributed by atoms with Crippen LogP contribution in [0.25, 0.3) is 0 Å². The van der Waals surface area contributed by atoms with E-state index in [1.807, 2.05) is 0 Å². The highest BCUT2D eigenvalue weighted by molar-refractivity contribution is 5.76. The van der Waals surface area contributed by atoms with Gasteiger partial charge in [-0.15, -0.1) is 0 Å². The number of methoxy groups -OCH3 is 1. The molecule has 0 bridgehead atoms. The Bertz CT molecular complexity index is 241. The van der Waals surface area contributed by atoms with Crippen molar-refractivity contribution in [3.8, 4) is 0 Å². The van der Waals surface area contributed by atoms with E-state index in [2.05, 4.69) is 4.74 Å². The Morgan fingerprint density at radius 2 is 1.80 bits per heavy atom. The Morgan fingerprint density at radius 1 is 1.33 bits per heavy atom. The van der Waals surface area contributed by atoms with Gasteiger partial charge < -0.3 is 20.7 Å². The number of rotatable bonds is 5. The van der Waals surface area contributed by atoms with E-state index in [-0.39, 0.29) is 0 Å². The molecule has 0 aliphatic rings. The zero-order valence-electron chi connectivity index (χ0n) is 9.01. The van der Waals surface area contributed by atoms with Crippen LogP contribution in [-0.2, 0) is 14.3 Å². The number of aliphatic hydroxyl groups is 1. The normalized spacial score (nSPS) is 18.7. The molecule has 0 aromatic rings. The van der Waals surface area contributed by atoms with Crippen LogP contribution in [0.3, 0.4) is 0 Å². The minimum absolute atomic E-state index is 0.589. The molecule has 0 fully saturated rings. The second-order valence-corrected chi connectivity index (χ2v) is 3.49. The van der Waals surface area contributed by atoms with Crippen molar-refractivity contribution >= 4 is 11.9 Å². The van der Waals surface area contributed by atoms with Gasteiger partial charge in [-0.2, -0.15) is 0 Å². The van der Waals surface area contributed by atoms with E-state index >= 15 is 0 Å². The highest BCUT2D eigenvalue weighted by Gasteiger charge is 2.36. The lowest BCUT2D eigenvalue weighted by molar-refractivity contribution is -0.151. The fourth-order valence-corrected chi connectivity index (χ4v) is 1.35. The summed E-state index contributed by atoms with van der Waals surface area (Å²) in [5.41, 5.74) is 5.60. The van der Waals surface area contributed by atoms with Crippen molar-refractivity contribution in [2.24, 2.45) is 17.6 Å². The number of carboxylic acid groups (broad SMARTS) is 1. The number of hydrogen-bond donors (Lipinski definition) is 3. The van der Waals surface area contributed by atoms with Crippen molar-refractivity contribution in [1.82, 2.24) is 0 Å². The molecule has 0 heterocycles. The molecule has 0 aliphatic carbocycles. The van der Waals surface area contributed by atoms with Crippen molar-refractivity contribution in [3.05, 3.63) is 0 Å². The Kier molecular flexibility index (Phi) is 5.24. The number of hydrogen-bond acceptors (Lipinski definition) is 5. The number of nitrogens with two attached hydrogens (primary N) is 1. The van der Waals surface area contributed by atoms with Gasteiger partial charge in [-0.3, -0.25) is 9.59 Å². The van der Waals surface area contributed by atoms with Gasteiger partial charge in [0.1, 0.15) is 0 Å². The summed E-state index contributed by atoms with van der Waals surface area (Å²) in [4.78, 5) is 21.9. The molecule has 0 aromatic carbocycles. The SMILES string of the molecule is COC(=O)[C@H](C)[C@@H](N)[C@H](C(=O)O)[C@@H](C)O. The van der Waals surface area contributed by atoms with Crippen LogP contribution >= 0.6 is 0 Å². The lowest BCUT2D eigenvalue weighted by Gasteiger charge is -2.26. The summed E-state index contributed by atoms with van der Waals surface area (Å²) in [6.45, 7) is 2.79. The van der Waals surface area contributed by atoms with Crippen LogP contribution < -0.4 is 5.73 Å². The molecule has 0 amide bonds. The molecule has 0 aromatic heterocycles. The first-order chi connectivity index (χ1) is 6.82. The summed E-state index contributed by atoms with van der Waals surface area (Å²) in [7, 11) is 1.20. The van der Waals surface area contributed by atoms with Gasteiger partial charge in [0.2, 0.25) is 0 Å². The van der Waals surface area contributed by atoms with Crippen LogP contribution in [0.15, 0.2) is 0 Å². The van der Waals surface area contributed by atoms with Crippen molar-refractivity contribution in [3.63, 3.8) is 0 Å². The highest BCUT2D eigenvalue weighted by atomic mass is 16.5. The van der Waals surface area contributed by atoms with E-state index in [0.29, 0.717) is 0 Å². The average molecular weight is 219 g/mol. The third kappa shape index (κ3) is 3.49. The third-order valence-corrected chi connectivity index (χ3v) is 2.37. The first kappa shape index (κ1) is 13.9. The smallest absolute Gasteiger partial charge is 0.310 e. The van der Waals surface area contributed by atoms with Crippen LogP contribution in [0.4, 0.5) is 0 Å². The van der Waals surface area contributed by atoms with Crippen molar-refractivity contribution in [2.75, 3.05) is 7.11 Å². The maximum Gasteiger partial charge on any atom is 0.310 e. The Balaban J connectivity index is 4.70. The lowest BCUT2D eigenvalue weighted by atomic mass is 9.86. The van der Waals surface area contributed by atoms with E-state index in [4.69, 9.17) is 10.8 Å². The summed E-state index contributed by atoms with van der Waals surface area (Å²) in [5.74, 6) is -3.77. The fourth-order valence-electron chi connectivity index (χ4n) is 1.35. The van der Waals surface area contributed by atoms with E-state index in [1.54, 1.807) is 0 Å². The number of aliphatic hydroxyl groups excluding tert-OH is 1. The molecule has 0 unspecified atom stereocenters. The van der Waals surface area contributed by atoms with E-state index in [9.17, 15) is 14.7 Å². The van der Waals surface area contributed by atoms with Crippen LogP contribution in [0, 0.1) is 11.8 Å². The minimum Gasteiger partial charge on any atom is -0.481 e. The average Bonchev–Trinajstić information content (AvgIpc) is 2.14.